The van der Waals surface area contributed by atoms with Gasteiger partial charge in [-0.15, -0.1) is 11.3 Å². The summed E-state index contributed by atoms with van der Waals surface area (Å²) in [4.78, 5) is 5.98. The van der Waals surface area contributed by atoms with Crippen molar-refractivity contribution in [1.82, 2.24) is 0 Å². The highest BCUT2D eigenvalue weighted by Crippen LogP contribution is 2.44. The SMILES string of the molecule is CC(C)(C)[C@@H]1CCc2c(sc(N=Cc3ccccc3OCc3ccccc3F)c2C#N)C1. The van der Waals surface area contributed by atoms with Crippen molar-refractivity contribution >= 4 is 22.6 Å². The smallest absolute Gasteiger partial charge is 0.134 e. The van der Waals surface area contributed by atoms with Crippen LogP contribution in [0.4, 0.5) is 9.39 Å². The van der Waals surface area contributed by atoms with E-state index in [1.807, 2.05) is 24.3 Å². The number of para-hydroxylation sites is 1. The second kappa shape index (κ2) is 9.26. The molecule has 0 amide bonds. The van der Waals surface area contributed by atoms with Gasteiger partial charge in [-0.1, -0.05) is 51.1 Å². The standard InChI is InChI=1S/C27H27FN2OS/c1-27(2,3)20-12-13-21-22(15-29)26(32-25(21)14-20)30-16-18-8-5-7-11-24(18)31-17-19-9-4-6-10-23(19)28/h4-11,16,20H,12-14,17H2,1-3H3/t20-/m1/s1. The Labute approximate surface area is 193 Å². The van der Waals surface area contributed by atoms with Crippen molar-refractivity contribution in [3.63, 3.8) is 0 Å². The maximum Gasteiger partial charge on any atom is 0.134 e. The summed E-state index contributed by atoms with van der Waals surface area (Å²) in [5.41, 5.74) is 3.44. The quantitative estimate of drug-likeness (QED) is 0.388. The highest BCUT2D eigenvalue weighted by Gasteiger charge is 2.32. The molecule has 1 aliphatic carbocycles. The number of ether oxygens (including phenoxy) is 1. The van der Waals surface area contributed by atoms with Crippen LogP contribution in [0.25, 0.3) is 0 Å². The van der Waals surface area contributed by atoms with Gasteiger partial charge in [0, 0.05) is 22.2 Å². The van der Waals surface area contributed by atoms with Gasteiger partial charge in [-0.25, -0.2) is 9.38 Å². The fourth-order valence-corrected chi connectivity index (χ4v) is 5.36. The van der Waals surface area contributed by atoms with Crippen LogP contribution in [0.3, 0.4) is 0 Å². The van der Waals surface area contributed by atoms with Gasteiger partial charge in [-0.05, 0) is 54.4 Å². The van der Waals surface area contributed by atoms with Crippen molar-refractivity contribution in [2.75, 3.05) is 0 Å². The van der Waals surface area contributed by atoms with Crippen LogP contribution >= 0.6 is 11.3 Å². The van der Waals surface area contributed by atoms with E-state index in [1.165, 1.54) is 16.5 Å². The number of nitriles is 1. The third kappa shape index (κ3) is 4.76. The molecule has 0 N–H and O–H groups in total. The number of rotatable bonds is 5. The second-order valence-corrected chi connectivity index (χ2v) is 10.4. The third-order valence-corrected chi connectivity index (χ3v) is 7.33. The lowest BCUT2D eigenvalue weighted by Gasteiger charge is -2.33. The molecular formula is C27H27FN2OS. The van der Waals surface area contributed by atoms with Crippen LogP contribution in [-0.2, 0) is 19.4 Å². The first-order chi connectivity index (χ1) is 15.4. The maximum atomic E-state index is 13.9. The summed E-state index contributed by atoms with van der Waals surface area (Å²) in [7, 11) is 0. The van der Waals surface area contributed by atoms with Crippen molar-refractivity contribution in [1.29, 1.82) is 5.26 Å². The molecule has 5 heteroatoms. The van der Waals surface area contributed by atoms with Gasteiger partial charge < -0.3 is 4.74 Å². The van der Waals surface area contributed by atoms with E-state index in [0.29, 0.717) is 22.8 Å². The predicted molar refractivity (Wildman–Crippen MR) is 128 cm³/mol. The van der Waals surface area contributed by atoms with Crippen LogP contribution in [0.2, 0.25) is 0 Å². The van der Waals surface area contributed by atoms with E-state index in [1.54, 1.807) is 35.8 Å². The van der Waals surface area contributed by atoms with Gasteiger partial charge in [-0.3, -0.25) is 0 Å². The molecular weight excluding hydrogens is 419 g/mol. The highest BCUT2D eigenvalue weighted by atomic mass is 32.1. The molecule has 0 bridgehead atoms. The molecule has 0 radical (unpaired) electrons. The largest absolute Gasteiger partial charge is 0.488 e. The Hall–Kier alpha value is -2.97. The van der Waals surface area contributed by atoms with E-state index in [4.69, 9.17) is 4.74 Å². The van der Waals surface area contributed by atoms with Crippen LogP contribution in [0.15, 0.2) is 53.5 Å². The first-order valence-electron chi connectivity index (χ1n) is 10.9. The van der Waals surface area contributed by atoms with Gasteiger partial charge in [0.1, 0.15) is 29.2 Å². The van der Waals surface area contributed by atoms with E-state index in [9.17, 15) is 9.65 Å². The Balaban J connectivity index is 1.56. The first-order valence-corrected chi connectivity index (χ1v) is 11.7. The zero-order chi connectivity index (χ0) is 22.7. The van der Waals surface area contributed by atoms with Gasteiger partial charge in [-0.2, -0.15) is 5.26 Å². The molecule has 0 spiro atoms. The Morgan fingerprint density at radius 3 is 2.69 bits per heavy atom. The molecule has 0 unspecified atom stereocenters. The zero-order valence-corrected chi connectivity index (χ0v) is 19.5. The van der Waals surface area contributed by atoms with E-state index >= 15 is 0 Å². The molecule has 1 aromatic heterocycles. The molecule has 1 aliphatic rings. The molecule has 0 saturated carbocycles. The minimum Gasteiger partial charge on any atom is -0.488 e. The van der Waals surface area contributed by atoms with Crippen LogP contribution in [0.1, 0.15) is 54.3 Å². The molecule has 4 rings (SSSR count). The summed E-state index contributed by atoms with van der Waals surface area (Å²) in [6.45, 7) is 7.01. The Morgan fingerprint density at radius 1 is 1.19 bits per heavy atom. The lowest BCUT2D eigenvalue weighted by Crippen LogP contribution is -2.26. The minimum atomic E-state index is -0.282. The fraction of sp³-hybridized carbons (Fsp3) is 0.333. The number of hydrogen-bond donors (Lipinski definition) is 0. The molecule has 0 saturated heterocycles. The molecule has 0 aliphatic heterocycles. The summed E-state index contributed by atoms with van der Waals surface area (Å²) < 4.78 is 19.8. The van der Waals surface area contributed by atoms with Crippen molar-refractivity contribution in [2.24, 2.45) is 16.3 Å². The summed E-state index contributed by atoms with van der Waals surface area (Å²) in [5.74, 6) is 0.965. The summed E-state index contributed by atoms with van der Waals surface area (Å²) >= 11 is 1.63. The monoisotopic (exact) mass is 446 g/mol. The van der Waals surface area contributed by atoms with Crippen LogP contribution in [-0.4, -0.2) is 6.21 Å². The van der Waals surface area contributed by atoms with Gasteiger partial charge >= 0.3 is 0 Å². The lowest BCUT2D eigenvalue weighted by molar-refractivity contribution is 0.218. The Bertz CT molecular complexity index is 1180. The number of hydrogen-bond acceptors (Lipinski definition) is 4. The molecule has 164 valence electrons. The molecule has 0 fully saturated rings. The Morgan fingerprint density at radius 2 is 1.94 bits per heavy atom. The molecule has 1 heterocycles. The second-order valence-electron chi connectivity index (χ2n) is 9.28. The lowest BCUT2D eigenvalue weighted by atomic mass is 9.72. The predicted octanol–water partition coefficient (Wildman–Crippen LogP) is 7.24. The number of fused-ring (bicyclic) bond motifs is 1. The molecule has 32 heavy (non-hydrogen) atoms. The topological polar surface area (TPSA) is 45.4 Å². The fourth-order valence-electron chi connectivity index (χ4n) is 4.13. The van der Waals surface area contributed by atoms with Crippen LogP contribution in [0.5, 0.6) is 5.75 Å². The van der Waals surface area contributed by atoms with Crippen molar-refractivity contribution < 1.29 is 9.13 Å². The van der Waals surface area contributed by atoms with Crippen molar-refractivity contribution in [3.05, 3.63) is 81.5 Å². The van der Waals surface area contributed by atoms with Gasteiger partial charge in [0.2, 0.25) is 0 Å². The molecule has 3 nitrogen and oxygen atoms in total. The molecule has 1 atom stereocenters. The van der Waals surface area contributed by atoms with E-state index in [-0.39, 0.29) is 17.8 Å². The number of halogens is 1. The summed E-state index contributed by atoms with van der Waals surface area (Å²) in [5, 5.41) is 10.6. The van der Waals surface area contributed by atoms with Gasteiger partial charge in [0.25, 0.3) is 0 Å². The number of thiophene rings is 1. The normalized spacial score (nSPS) is 16.0. The third-order valence-electron chi connectivity index (χ3n) is 6.16. The minimum absolute atomic E-state index is 0.141. The van der Waals surface area contributed by atoms with Crippen molar-refractivity contribution in [2.45, 2.75) is 46.6 Å². The molecule has 2 aromatic carbocycles. The van der Waals surface area contributed by atoms with Gasteiger partial charge in [0.05, 0.1) is 5.56 Å². The summed E-state index contributed by atoms with van der Waals surface area (Å²) in [6.07, 6.45) is 4.80. The van der Waals surface area contributed by atoms with E-state index < -0.39 is 0 Å². The van der Waals surface area contributed by atoms with Crippen LogP contribution in [0, 0.1) is 28.5 Å². The van der Waals surface area contributed by atoms with E-state index in [2.05, 4.69) is 31.8 Å². The highest BCUT2D eigenvalue weighted by molar-refractivity contribution is 7.16. The van der Waals surface area contributed by atoms with Crippen molar-refractivity contribution in [3.8, 4) is 11.8 Å². The zero-order valence-electron chi connectivity index (χ0n) is 18.7. The number of benzene rings is 2. The molecule has 3 aromatic rings. The number of nitrogens with zero attached hydrogens (tertiary/aromatic N) is 2. The first kappa shape index (κ1) is 22.2. The van der Waals surface area contributed by atoms with E-state index in [0.717, 1.165) is 29.8 Å². The van der Waals surface area contributed by atoms with Gasteiger partial charge in [0.15, 0.2) is 0 Å². The summed E-state index contributed by atoms with van der Waals surface area (Å²) in [6, 6.07) is 16.5. The average molecular weight is 447 g/mol. The average Bonchev–Trinajstić information content (AvgIpc) is 3.14. The van der Waals surface area contributed by atoms with Crippen LogP contribution < -0.4 is 4.74 Å². The Kier molecular flexibility index (Phi) is 6.43. The maximum absolute atomic E-state index is 13.9. The number of aliphatic imine (C=N–C) groups is 1.